The lowest BCUT2D eigenvalue weighted by atomic mass is 10.1. The van der Waals surface area contributed by atoms with Crippen LogP contribution < -0.4 is 16.0 Å². The van der Waals surface area contributed by atoms with Gasteiger partial charge in [-0.15, -0.1) is 11.8 Å². The first-order chi connectivity index (χ1) is 13.3. The summed E-state index contributed by atoms with van der Waals surface area (Å²) in [5, 5.41) is 11.8. The zero-order valence-corrected chi connectivity index (χ0v) is 16.9. The number of carbonyl (C=O) groups excluding carboxylic acids is 3. The first-order valence-corrected chi connectivity index (χ1v) is 9.98. The van der Waals surface area contributed by atoms with Crippen LogP contribution in [0.3, 0.4) is 0 Å². The van der Waals surface area contributed by atoms with Crippen molar-refractivity contribution < 1.29 is 18.9 Å². The van der Waals surface area contributed by atoms with E-state index in [-0.39, 0.29) is 29.2 Å². The van der Waals surface area contributed by atoms with E-state index >= 15 is 0 Å². The van der Waals surface area contributed by atoms with E-state index in [2.05, 4.69) is 21.1 Å². The third-order valence-corrected chi connectivity index (χ3v) is 4.34. The van der Waals surface area contributed by atoms with Gasteiger partial charge in [-0.1, -0.05) is 19.0 Å². The number of amides is 3. The predicted octanol–water partition coefficient (Wildman–Crippen LogP) is 3.28. The fourth-order valence-corrected chi connectivity index (χ4v) is 2.87. The van der Waals surface area contributed by atoms with E-state index in [1.807, 2.05) is 13.8 Å². The number of carbonyl (C=O) groups is 3. The molecule has 3 N–H and O–H groups in total. The van der Waals surface area contributed by atoms with Crippen molar-refractivity contribution in [3.63, 3.8) is 0 Å². The third-order valence-electron chi connectivity index (χ3n) is 3.41. The molecule has 150 valence electrons. The molecule has 1 aromatic heterocycles. The standard InChI is InChI=1S/C19H24N4O4S/c1-12(2)8-17(24)20-14-4-6-15(7-5-14)21-18(25)10-28-11-19(26)22-16-9-13(3)27-23-16/h4-7,9,12H,8,10-11H2,1-3H3,(H,20,24)(H,21,25)(H,22,23,26). The average molecular weight is 404 g/mol. The highest BCUT2D eigenvalue weighted by molar-refractivity contribution is 8.00. The number of anilines is 3. The summed E-state index contributed by atoms with van der Waals surface area (Å²) in [4.78, 5) is 35.5. The van der Waals surface area contributed by atoms with Crippen LogP contribution in [-0.4, -0.2) is 34.4 Å². The Balaban J connectivity index is 1.69. The molecule has 0 saturated carbocycles. The lowest BCUT2D eigenvalue weighted by Gasteiger charge is -2.09. The minimum Gasteiger partial charge on any atom is -0.360 e. The van der Waals surface area contributed by atoms with Gasteiger partial charge < -0.3 is 20.5 Å². The molecule has 0 atom stereocenters. The van der Waals surface area contributed by atoms with Crippen LogP contribution in [0.25, 0.3) is 0 Å². The maximum atomic E-state index is 12.0. The molecule has 0 aliphatic rings. The second-order valence-electron chi connectivity index (χ2n) is 6.64. The molecule has 3 amide bonds. The van der Waals surface area contributed by atoms with Crippen molar-refractivity contribution in [2.24, 2.45) is 5.92 Å². The molecule has 0 radical (unpaired) electrons. The number of aromatic nitrogens is 1. The summed E-state index contributed by atoms with van der Waals surface area (Å²) < 4.78 is 4.86. The number of aryl methyl sites for hydroxylation is 1. The lowest BCUT2D eigenvalue weighted by Crippen LogP contribution is -2.18. The Morgan fingerprint density at radius 2 is 1.50 bits per heavy atom. The number of hydrogen-bond donors (Lipinski definition) is 3. The van der Waals surface area contributed by atoms with Gasteiger partial charge in [0.1, 0.15) is 5.76 Å². The number of nitrogens with one attached hydrogen (secondary N) is 3. The van der Waals surface area contributed by atoms with Gasteiger partial charge >= 0.3 is 0 Å². The zero-order valence-electron chi connectivity index (χ0n) is 16.1. The smallest absolute Gasteiger partial charge is 0.235 e. The Morgan fingerprint density at radius 1 is 0.964 bits per heavy atom. The normalized spacial score (nSPS) is 10.6. The average Bonchev–Trinajstić information content (AvgIpc) is 3.00. The van der Waals surface area contributed by atoms with Crippen molar-refractivity contribution in [1.82, 2.24) is 5.16 Å². The van der Waals surface area contributed by atoms with E-state index in [4.69, 9.17) is 4.52 Å². The van der Waals surface area contributed by atoms with Gasteiger partial charge in [-0.25, -0.2) is 0 Å². The molecule has 0 fully saturated rings. The minimum absolute atomic E-state index is 0.0396. The summed E-state index contributed by atoms with van der Waals surface area (Å²) in [5.41, 5.74) is 1.30. The highest BCUT2D eigenvalue weighted by Gasteiger charge is 2.09. The monoisotopic (exact) mass is 404 g/mol. The maximum Gasteiger partial charge on any atom is 0.235 e. The van der Waals surface area contributed by atoms with Crippen LogP contribution in [0.15, 0.2) is 34.9 Å². The first kappa shape index (κ1) is 21.5. The molecule has 8 nitrogen and oxygen atoms in total. The molecule has 0 aliphatic heterocycles. The quantitative estimate of drug-likeness (QED) is 0.591. The van der Waals surface area contributed by atoms with Crippen LogP contribution in [0.5, 0.6) is 0 Å². The first-order valence-electron chi connectivity index (χ1n) is 8.82. The number of hydrogen-bond acceptors (Lipinski definition) is 6. The summed E-state index contributed by atoms with van der Waals surface area (Å²) in [5.74, 6) is 0.999. The summed E-state index contributed by atoms with van der Waals surface area (Å²) in [6.45, 7) is 5.69. The summed E-state index contributed by atoms with van der Waals surface area (Å²) in [7, 11) is 0. The minimum atomic E-state index is -0.257. The number of benzene rings is 1. The fraction of sp³-hybridized carbons (Fsp3) is 0.368. The summed E-state index contributed by atoms with van der Waals surface area (Å²) >= 11 is 1.19. The molecule has 0 spiro atoms. The van der Waals surface area contributed by atoms with Gasteiger partial charge in [0.2, 0.25) is 17.7 Å². The Kier molecular flexibility index (Phi) is 8.06. The van der Waals surface area contributed by atoms with Crippen LogP contribution in [0.1, 0.15) is 26.0 Å². The van der Waals surface area contributed by atoms with Gasteiger partial charge in [-0.2, -0.15) is 0 Å². The maximum absolute atomic E-state index is 12.0. The molecule has 28 heavy (non-hydrogen) atoms. The molecular formula is C19H24N4O4S. The molecule has 0 saturated heterocycles. The number of thioether (sulfide) groups is 1. The third kappa shape index (κ3) is 7.83. The van der Waals surface area contributed by atoms with Crippen LogP contribution in [0.2, 0.25) is 0 Å². The molecule has 2 aromatic rings. The second-order valence-corrected chi connectivity index (χ2v) is 7.62. The molecule has 0 aliphatic carbocycles. The topological polar surface area (TPSA) is 113 Å². The number of nitrogens with zero attached hydrogens (tertiary/aromatic N) is 1. The Hall–Kier alpha value is -2.81. The summed E-state index contributed by atoms with van der Waals surface area (Å²) in [6.07, 6.45) is 0.458. The van der Waals surface area contributed by atoms with Crippen molar-refractivity contribution in [3.05, 3.63) is 36.1 Å². The van der Waals surface area contributed by atoms with Crippen LogP contribution >= 0.6 is 11.8 Å². The highest BCUT2D eigenvalue weighted by atomic mass is 32.2. The predicted molar refractivity (Wildman–Crippen MR) is 110 cm³/mol. The van der Waals surface area contributed by atoms with Crippen LogP contribution in [0, 0.1) is 12.8 Å². The molecule has 9 heteroatoms. The van der Waals surface area contributed by atoms with Crippen molar-refractivity contribution in [2.75, 3.05) is 27.5 Å². The zero-order chi connectivity index (χ0) is 20.5. The Labute approximate surface area is 167 Å². The Morgan fingerprint density at radius 3 is 2.00 bits per heavy atom. The molecule has 0 bridgehead atoms. The highest BCUT2D eigenvalue weighted by Crippen LogP contribution is 2.15. The van der Waals surface area contributed by atoms with Gasteiger partial charge in [0.15, 0.2) is 5.82 Å². The van der Waals surface area contributed by atoms with Crippen LogP contribution in [0.4, 0.5) is 17.2 Å². The van der Waals surface area contributed by atoms with Gasteiger partial charge in [0.05, 0.1) is 11.5 Å². The van der Waals surface area contributed by atoms with Crippen molar-refractivity contribution in [1.29, 1.82) is 0 Å². The SMILES string of the molecule is Cc1cc(NC(=O)CSCC(=O)Nc2ccc(NC(=O)CC(C)C)cc2)no1. The lowest BCUT2D eigenvalue weighted by molar-refractivity contribution is -0.117. The fourth-order valence-electron chi connectivity index (χ4n) is 2.26. The van der Waals surface area contributed by atoms with Gasteiger partial charge in [0.25, 0.3) is 0 Å². The van der Waals surface area contributed by atoms with E-state index in [1.165, 1.54) is 11.8 Å². The van der Waals surface area contributed by atoms with Gasteiger partial charge in [-0.3, -0.25) is 14.4 Å². The van der Waals surface area contributed by atoms with Crippen molar-refractivity contribution in [2.45, 2.75) is 27.2 Å². The van der Waals surface area contributed by atoms with E-state index in [0.29, 0.717) is 35.3 Å². The molecule has 2 rings (SSSR count). The van der Waals surface area contributed by atoms with E-state index in [9.17, 15) is 14.4 Å². The number of rotatable bonds is 9. The van der Waals surface area contributed by atoms with Gasteiger partial charge in [-0.05, 0) is 37.1 Å². The largest absolute Gasteiger partial charge is 0.360 e. The van der Waals surface area contributed by atoms with Crippen LogP contribution in [-0.2, 0) is 14.4 Å². The Bertz CT molecular complexity index is 818. The van der Waals surface area contributed by atoms with Crippen molar-refractivity contribution >= 4 is 46.7 Å². The van der Waals surface area contributed by atoms with E-state index < -0.39 is 0 Å². The molecule has 1 aromatic carbocycles. The van der Waals surface area contributed by atoms with E-state index in [1.54, 1.807) is 37.3 Å². The molecule has 0 unspecified atom stereocenters. The second kappa shape index (κ2) is 10.5. The molecule has 1 heterocycles. The van der Waals surface area contributed by atoms with Crippen molar-refractivity contribution in [3.8, 4) is 0 Å². The van der Waals surface area contributed by atoms with E-state index in [0.717, 1.165) is 0 Å². The molecular weight excluding hydrogens is 380 g/mol. The van der Waals surface area contributed by atoms with Gasteiger partial charge in [0, 0.05) is 23.9 Å². The summed E-state index contributed by atoms with van der Waals surface area (Å²) in [6, 6.07) is 8.51.